The molecule has 0 amide bonds. The lowest BCUT2D eigenvalue weighted by atomic mass is 9.67. The van der Waals surface area contributed by atoms with E-state index in [4.69, 9.17) is 5.11 Å². The number of allylic oxidation sites excluding steroid dienone is 1. The molecule has 0 radical (unpaired) electrons. The van der Waals surface area contributed by atoms with Crippen molar-refractivity contribution in [1.82, 2.24) is 0 Å². The van der Waals surface area contributed by atoms with Gasteiger partial charge < -0.3 is 5.11 Å². The Labute approximate surface area is 66.9 Å². The fraction of sp³-hybridized carbons (Fsp3) is 0.667. The van der Waals surface area contributed by atoms with Crippen LogP contribution in [0.3, 0.4) is 0 Å². The zero-order chi connectivity index (χ0) is 8.65. The summed E-state index contributed by atoms with van der Waals surface area (Å²) in [6.07, 6.45) is 1.90. The Morgan fingerprint density at radius 3 is 2.18 bits per heavy atom. The first kappa shape index (κ1) is 8.31. The van der Waals surface area contributed by atoms with Crippen molar-refractivity contribution in [2.75, 3.05) is 0 Å². The molecular formula is C9H14O2. The summed E-state index contributed by atoms with van der Waals surface area (Å²) in [5, 5.41) is 8.63. The lowest BCUT2D eigenvalue weighted by Gasteiger charge is -2.38. The maximum Gasteiger partial charge on any atom is 0.331 e. The topological polar surface area (TPSA) is 37.3 Å². The summed E-state index contributed by atoms with van der Waals surface area (Å²) in [7, 11) is 0. The van der Waals surface area contributed by atoms with Crippen molar-refractivity contribution in [3.63, 3.8) is 0 Å². The highest BCUT2D eigenvalue weighted by Crippen LogP contribution is 2.45. The van der Waals surface area contributed by atoms with Crippen LogP contribution in [0.25, 0.3) is 0 Å². The molecule has 0 bridgehead atoms. The van der Waals surface area contributed by atoms with Crippen molar-refractivity contribution in [2.24, 2.45) is 5.41 Å². The lowest BCUT2D eigenvalue weighted by Crippen LogP contribution is -2.26. The van der Waals surface area contributed by atoms with E-state index < -0.39 is 5.97 Å². The number of hydrogen-bond donors (Lipinski definition) is 1. The van der Waals surface area contributed by atoms with E-state index in [2.05, 4.69) is 13.8 Å². The van der Waals surface area contributed by atoms with Gasteiger partial charge in [0.15, 0.2) is 0 Å². The number of carboxylic acids is 1. The molecule has 11 heavy (non-hydrogen) atoms. The van der Waals surface area contributed by atoms with E-state index in [0.29, 0.717) is 11.0 Å². The Morgan fingerprint density at radius 2 is 1.91 bits per heavy atom. The lowest BCUT2D eigenvalue weighted by molar-refractivity contribution is -0.132. The Hall–Kier alpha value is -0.790. The molecule has 62 valence electrons. The molecular weight excluding hydrogens is 140 g/mol. The van der Waals surface area contributed by atoms with E-state index in [1.165, 1.54) is 0 Å². The van der Waals surface area contributed by atoms with Gasteiger partial charge in [0, 0.05) is 5.57 Å². The van der Waals surface area contributed by atoms with Gasteiger partial charge in [-0.25, -0.2) is 4.79 Å². The minimum Gasteiger partial charge on any atom is -0.478 e. The third-order valence-electron chi connectivity index (χ3n) is 2.24. The summed E-state index contributed by atoms with van der Waals surface area (Å²) in [5.74, 6) is -0.768. The van der Waals surface area contributed by atoms with E-state index in [0.717, 1.165) is 18.4 Å². The monoisotopic (exact) mass is 154 g/mol. The van der Waals surface area contributed by atoms with Crippen LogP contribution in [-0.4, -0.2) is 11.1 Å². The second-order valence-corrected chi connectivity index (χ2v) is 4.05. The van der Waals surface area contributed by atoms with Crippen LogP contribution in [0.5, 0.6) is 0 Å². The molecule has 1 saturated carbocycles. The molecule has 0 spiro atoms. The maximum atomic E-state index is 10.5. The van der Waals surface area contributed by atoms with Gasteiger partial charge in [0.05, 0.1) is 0 Å². The highest BCUT2D eigenvalue weighted by Gasteiger charge is 2.33. The number of carbonyl (C=O) groups is 1. The molecule has 2 nitrogen and oxygen atoms in total. The van der Waals surface area contributed by atoms with E-state index in [-0.39, 0.29) is 0 Å². The Balaban J connectivity index is 2.67. The minimum absolute atomic E-state index is 0.339. The molecule has 0 atom stereocenters. The van der Waals surface area contributed by atoms with Crippen LogP contribution in [-0.2, 0) is 4.79 Å². The fourth-order valence-electron chi connectivity index (χ4n) is 1.52. The van der Waals surface area contributed by atoms with E-state index in [1.54, 1.807) is 6.92 Å². The Bertz CT molecular complexity index is 214. The summed E-state index contributed by atoms with van der Waals surface area (Å²) >= 11 is 0. The standard InChI is InChI=1S/C9H14O2/c1-6(8(10)11)7-4-9(2,3)5-7/h4-5H2,1-3H3,(H,10,11). The molecule has 2 heteroatoms. The Morgan fingerprint density at radius 1 is 1.45 bits per heavy atom. The third-order valence-corrected chi connectivity index (χ3v) is 2.24. The fourth-order valence-corrected chi connectivity index (χ4v) is 1.52. The van der Waals surface area contributed by atoms with Gasteiger partial charge in [-0.05, 0) is 25.2 Å². The Kier molecular flexibility index (Phi) is 1.78. The predicted molar refractivity (Wildman–Crippen MR) is 43.4 cm³/mol. The van der Waals surface area contributed by atoms with Crippen molar-refractivity contribution in [3.8, 4) is 0 Å². The zero-order valence-corrected chi connectivity index (χ0v) is 7.27. The molecule has 0 unspecified atom stereocenters. The average Bonchev–Trinajstić information content (AvgIpc) is 1.80. The number of carboxylic acid groups (broad SMARTS) is 1. The summed E-state index contributed by atoms with van der Waals surface area (Å²) in [6, 6.07) is 0. The van der Waals surface area contributed by atoms with Gasteiger partial charge in [-0.3, -0.25) is 0 Å². The van der Waals surface area contributed by atoms with Crippen molar-refractivity contribution in [3.05, 3.63) is 11.1 Å². The molecule has 1 aliphatic rings. The van der Waals surface area contributed by atoms with Gasteiger partial charge >= 0.3 is 5.97 Å². The molecule has 1 rings (SSSR count). The first-order valence-electron chi connectivity index (χ1n) is 3.84. The van der Waals surface area contributed by atoms with Crippen molar-refractivity contribution >= 4 is 5.97 Å². The second-order valence-electron chi connectivity index (χ2n) is 4.05. The molecule has 0 aromatic rings. The molecule has 1 fully saturated rings. The van der Waals surface area contributed by atoms with Crippen molar-refractivity contribution in [1.29, 1.82) is 0 Å². The quantitative estimate of drug-likeness (QED) is 0.588. The van der Waals surface area contributed by atoms with Crippen LogP contribution in [0, 0.1) is 5.41 Å². The molecule has 0 aromatic heterocycles. The van der Waals surface area contributed by atoms with Gasteiger partial charge in [0.1, 0.15) is 0 Å². The highest BCUT2D eigenvalue weighted by molar-refractivity contribution is 5.87. The summed E-state index contributed by atoms with van der Waals surface area (Å²) in [5.41, 5.74) is 2.00. The smallest absolute Gasteiger partial charge is 0.331 e. The normalized spacial score (nSPS) is 20.8. The minimum atomic E-state index is -0.768. The maximum absolute atomic E-state index is 10.5. The third kappa shape index (κ3) is 1.62. The van der Waals surface area contributed by atoms with Crippen molar-refractivity contribution in [2.45, 2.75) is 33.6 Å². The average molecular weight is 154 g/mol. The van der Waals surface area contributed by atoms with Gasteiger partial charge in [-0.2, -0.15) is 0 Å². The number of aliphatic carboxylic acids is 1. The van der Waals surface area contributed by atoms with Crippen LogP contribution >= 0.6 is 0 Å². The molecule has 0 heterocycles. The van der Waals surface area contributed by atoms with Crippen LogP contribution in [0.4, 0.5) is 0 Å². The number of hydrogen-bond acceptors (Lipinski definition) is 1. The van der Waals surface area contributed by atoms with E-state index >= 15 is 0 Å². The highest BCUT2D eigenvalue weighted by atomic mass is 16.4. The molecule has 0 aliphatic heterocycles. The predicted octanol–water partition coefficient (Wildman–Crippen LogP) is 2.21. The van der Waals surface area contributed by atoms with E-state index in [9.17, 15) is 4.79 Å². The molecule has 0 saturated heterocycles. The summed E-state index contributed by atoms with van der Waals surface area (Å²) in [4.78, 5) is 10.5. The molecule has 1 aliphatic carbocycles. The van der Waals surface area contributed by atoms with Gasteiger partial charge in [-0.15, -0.1) is 0 Å². The molecule has 1 N–H and O–H groups in total. The first-order valence-corrected chi connectivity index (χ1v) is 3.84. The number of rotatable bonds is 1. The first-order chi connectivity index (χ1) is 4.92. The van der Waals surface area contributed by atoms with Crippen LogP contribution in [0.1, 0.15) is 33.6 Å². The van der Waals surface area contributed by atoms with E-state index in [1.807, 2.05) is 0 Å². The van der Waals surface area contributed by atoms with Crippen LogP contribution in [0.2, 0.25) is 0 Å². The van der Waals surface area contributed by atoms with Gasteiger partial charge in [0.2, 0.25) is 0 Å². The largest absolute Gasteiger partial charge is 0.478 e. The van der Waals surface area contributed by atoms with Gasteiger partial charge in [0.25, 0.3) is 0 Å². The molecule has 0 aromatic carbocycles. The SMILES string of the molecule is CC(C(=O)O)=C1CC(C)(C)C1. The summed E-state index contributed by atoms with van der Waals surface area (Å²) < 4.78 is 0. The van der Waals surface area contributed by atoms with Crippen LogP contribution in [0.15, 0.2) is 11.1 Å². The van der Waals surface area contributed by atoms with Gasteiger partial charge in [-0.1, -0.05) is 19.4 Å². The van der Waals surface area contributed by atoms with Crippen molar-refractivity contribution < 1.29 is 9.90 Å². The second kappa shape index (κ2) is 2.36. The zero-order valence-electron chi connectivity index (χ0n) is 7.27. The van der Waals surface area contributed by atoms with Crippen LogP contribution < -0.4 is 0 Å². The summed E-state index contributed by atoms with van der Waals surface area (Å²) in [6.45, 7) is 6.00.